The average Bonchev–Trinajstić information content (AvgIpc) is 2.32. The highest BCUT2D eigenvalue weighted by Crippen LogP contribution is 2.05. The molecule has 0 aliphatic heterocycles. The molecular weight excluding hydrogens is 138 g/mol. The van der Waals surface area contributed by atoms with Gasteiger partial charge in [0, 0.05) is 19.2 Å². The van der Waals surface area contributed by atoms with Crippen molar-refractivity contribution in [2.24, 2.45) is 0 Å². The van der Waals surface area contributed by atoms with E-state index in [1.54, 1.807) is 0 Å². The van der Waals surface area contributed by atoms with Crippen LogP contribution in [0.4, 0.5) is 5.82 Å². The zero-order valence-electron chi connectivity index (χ0n) is 7.17. The average molecular weight is 153 g/mol. The monoisotopic (exact) mass is 153 g/mol. The Morgan fingerprint density at radius 1 is 1.55 bits per heavy atom. The van der Waals surface area contributed by atoms with Gasteiger partial charge in [0.25, 0.3) is 0 Å². The Morgan fingerprint density at radius 3 is 2.82 bits per heavy atom. The van der Waals surface area contributed by atoms with Gasteiger partial charge in [-0.2, -0.15) is 0 Å². The van der Waals surface area contributed by atoms with Crippen molar-refractivity contribution >= 4 is 5.82 Å². The topological polar surface area (TPSA) is 43.8 Å². The van der Waals surface area contributed by atoms with E-state index in [2.05, 4.69) is 23.4 Å². The van der Waals surface area contributed by atoms with Crippen molar-refractivity contribution in [3.63, 3.8) is 0 Å². The summed E-state index contributed by atoms with van der Waals surface area (Å²) in [6.07, 6.45) is 3.99. The first kappa shape index (κ1) is 8.11. The molecule has 1 aromatic rings. The van der Waals surface area contributed by atoms with Gasteiger partial charge >= 0.3 is 0 Å². The summed E-state index contributed by atoms with van der Waals surface area (Å²) in [4.78, 5) is 4.19. The molecular formula is C8H15N3. The number of anilines is 1. The smallest absolute Gasteiger partial charge is 0.141 e. The molecule has 1 aromatic heterocycles. The van der Waals surface area contributed by atoms with Crippen LogP contribution in [0.3, 0.4) is 0 Å². The molecule has 1 rings (SSSR count). The predicted molar refractivity (Wildman–Crippen MR) is 46.3 cm³/mol. The first-order valence-electron chi connectivity index (χ1n) is 4.09. The molecule has 0 aliphatic rings. The number of imidazole rings is 1. The molecule has 0 fully saturated rings. The number of aromatic nitrogens is 2. The molecule has 0 spiro atoms. The molecule has 62 valence electrons. The van der Waals surface area contributed by atoms with E-state index in [4.69, 9.17) is 5.73 Å². The van der Waals surface area contributed by atoms with E-state index in [9.17, 15) is 0 Å². The maximum absolute atomic E-state index is 5.55. The summed E-state index contributed by atoms with van der Waals surface area (Å²) >= 11 is 0. The summed E-state index contributed by atoms with van der Waals surface area (Å²) in [5.41, 5.74) is 5.55. The molecule has 0 saturated heterocycles. The largest absolute Gasteiger partial charge is 0.382 e. The summed E-state index contributed by atoms with van der Waals surface area (Å²) in [7, 11) is 0. The summed E-state index contributed by atoms with van der Waals surface area (Å²) in [6, 6.07) is 0. The van der Waals surface area contributed by atoms with Crippen molar-refractivity contribution in [3.05, 3.63) is 12.0 Å². The minimum atomic E-state index is 0.635. The second-order valence-corrected chi connectivity index (χ2v) is 2.63. The van der Waals surface area contributed by atoms with Crippen LogP contribution < -0.4 is 5.73 Å². The van der Waals surface area contributed by atoms with Crippen LogP contribution in [0.15, 0.2) is 6.20 Å². The molecule has 3 heteroatoms. The Bertz CT molecular complexity index is 227. The van der Waals surface area contributed by atoms with Gasteiger partial charge in [0.15, 0.2) is 0 Å². The summed E-state index contributed by atoms with van der Waals surface area (Å²) in [5.74, 6) is 1.72. The molecule has 0 unspecified atom stereocenters. The Morgan fingerprint density at radius 2 is 2.27 bits per heavy atom. The minimum Gasteiger partial charge on any atom is -0.382 e. The second-order valence-electron chi connectivity index (χ2n) is 2.63. The van der Waals surface area contributed by atoms with Crippen LogP contribution in [0, 0.1) is 0 Å². The standard InChI is InChI=1S/C8H15N3/c1-3-5-11-6-7(9)10-8(11)4-2/h6H,3-5,9H2,1-2H3. The van der Waals surface area contributed by atoms with Crippen molar-refractivity contribution in [1.29, 1.82) is 0 Å². The van der Waals surface area contributed by atoms with Gasteiger partial charge in [-0.15, -0.1) is 0 Å². The van der Waals surface area contributed by atoms with Crippen molar-refractivity contribution in [1.82, 2.24) is 9.55 Å². The van der Waals surface area contributed by atoms with Crippen LogP contribution in [0.1, 0.15) is 26.1 Å². The van der Waals surface area contributed by atoms with Crippen molar-refractivity contribution in [2.75, 3.05) is 5.73 Å². The Hall–Kier alpha value is -0.990. The molecule has 2 N–H and O–H groups in total. The zero-order valence-corrected chi connectivity index (χ0v) is 7.17. The van der Waals surface area contributed by atoms with Gasteiger partial charge in [0.1, 0.15) is 11.6 Å². The fraction of sp³-hybridized carbons (Fsp3) is 0.625. The van der Waals surface area contributed by atoms with E-state index >= 15 is 0 Å². The molecule has 0 amide bonds. The number of nitrogen functional groups attached to an aromatic ring is 1. The van der Waals surface area contributed by atoms with Crippen molar-refractivity contribution in [3.8, 4) is 0 Å². The van der Waals surface area contributed by atoms with E-state index in [-0.39, 0.29) is 0 Å². The third-order valence-electron chi connectivity index (χ3n) is 1.66. The van der Waals surface area contributed by atoms with E-state index in [1.807, 2.05) is 6.20 Å². The van der Waals surface area contributed by atoms with Crippen LogP contribution >= 0.6 is 0 Å². The third-order valence-corrected chi connectivity index (χ3v) is 1.66. The maximum atomic E-state index is 5.55. The molecule has 0 aromatic carbocycles. The van der Waals surface area contributed by atoms with Crippen molar-refractivity contribution < 1.29 is 0 Å². The van der Waals surface area contributed by atoms with Crippen LogP contribution in [0.25, 0.3) is 0 Å². The van der Waals surface area contributed by atoms with E-state index in [0.29, 0.717) is 5.82 Å². The molecule has 0 atom stereocenters. The number of nitrogens with two attached hydrogens (primary N) is 1. The SMILES string of the molecule is CCCn1cc(N)nc1CC. The lowest BCUT2D eigenvalue weighted by molar-refractivity contribution is 0.642. The molecule has 3 nitrogen and oxygen atoms in total. The summed E-state index contributed by atoms with van der Waals surface area (Å²) in [6.45, 7) is 5.26. The first-order chi connectivity index (χ1) is 5.27. The molecule has 0 saturated carbocycles. The normalized spacial score (nSPS) is 10.4. The summed E-state index contributed by atoms with van der Waals surface area (Å²) < 4.78 is 2.12. The predicted octanol–water partition coefficient (Wildman–Crippen LogP) is 1.44. The van der Waals surface area contributed by atoms with Crippen LogP contribution in [-0.2, 0) is 13.0 Å². The van der Waals surface area contributed by atoms with Crippen molar-refractivity contribution in [2.45, 2.75) is 33.2 Å². The highest BCUT2D eigenvalue weighted by atomic mass is 15.1. The minimum absolute atomic E-state index is 0.635. The Kier molecular flexibility index (Phi) is 2.52. The van der Waals surface area contributed by atoms with E-state index in [1.165, 1.54) is 0 Å². The lowest BCUT2D eigenvalue weighted by atomic mass is 10.4. The number of hydrogen-bond donors (Lipinski definition) is 1. The number of rotatable bonds is 3. The lowest BCUT2D eigenvalue weighted by Crippen LogP contribution is -2.00. The van der Waals surface area contributed by atoms with Gasteiger partial charge in [0.05, 0.1) is 0 Å². The Balaban J connectivity index is 2.83. The number of aryl methyl sites for hydroxylation is 2. The lowest BCUT2D eigenvalue weighted by Gasteiger charge is -2.01. The Labute approximate surface area is 67.2 Å². The van der Waals surface area contributed by atoms with Gasteiger partial charge in [-0.1, -0.05) is 13.8 Å². The van der Waals surface area contributed by atoms with Crippen LogP contribution in [-0.4, -0.2) is 9.55 Å². The van der Waals surface area contributed by atoms with Gasteiger partial charge in [-0.05, 0) is 6.42 Å². The molecule has 11 heavy (non-hydrogen) atoms. The third kappa shape index (κ3) is 1.73. The highest BCUT2D eigenvalue weighted by molar-refractivity contribution is 5.25. The van der Waals surface area contributed by atoms with Gasteiger partial charge in [-0.25, -0.2) is 4.98 Å². The van der Waals surface area contributed by atoms with Crippen LogP contribution in [0.2, 0.25) is 0 Å². The molecule has 1 heterocycles. The highest BCUT2D eigenvalue weighted by Gasteiger charge is 2.01. The molecule has 0 radical (unpaired) electrons. The molecule has 0 aliphatic carbocycles. The van der Waals surface area contributed by atoms with E-state index in [0.717, 1.165) is 25.2 Å². The van der Waals surface area contributed by atoms with Gasteiger partial charge < -0.3 is 10.3 Å². The fourth-order valence-corrected chi connectivity index (χ4v) is 1.19. The summed E-state index contributed by atoms with van der Waals surface area (Å²) in [5, 5.41) is 0. The quantitative estimate of drug-likeness (QED) is 0.714. The van der Waals surface area contributed by atoms with Gasteiger partial charge in [0.2, 0.25) is 0 Å². The van der Waals surface area contributed by atoms with E-state index < -0.39 is 0 Å². The van der Waals surface area contributed by atoms with Crippen LogP contribution in [0.5, 0.6) is 0 Å². The van der Waals surface area contributed by atoms with Gasteiger partial charge in [-0.3, -0.25) is 0 Å². The first-order valence-corrected chi connectivity index (χ1v) is 4.09. The number of hydrogen-bond acceptors (Lipinski definition) is 2. The second kappa shape index (κ2) is 3.42. The molecule has 0 bridgehead atoms. The maximum Gasteiger partial charge on any atom is 0.141 e. The number of nitrogens with zero attached hydrogens (tertiary/aromatic N) is 2. The zero-order chi connectivity index (χ0) is 8.27. The fourth-order valence-electron chi connectivity index (χ4n) is 1.19.